The third-order valence-corrected chi connectivity index (χ3v) is 6.14. The summed E-state index contributed by atoms with van der Waals surface area (Å²) in [5.74, 6) is 0. The normalized spacial score (nSPS) is 10.9. The fourth-order valence-electron chi connectivity index (χ4n) is 3.45. The third kappa shape index (κ3) is 3.02. The van der Waals surface area contributed by atoms with E-state index in [1.165, 1.54) is 11.1 Å². The number of aromatic nitrogens is 2. The molecule has 0 fully saturated rings. The first-order chi connectivity index (χ1) is 13.5. The molecule has 0 saturated heterocycles. The van der Waals surface area contributed by atoms with Crippen LogP contribution in [0.25, 0.3) is 21.3 Å². The van der Waals surface area contributed by atoms with Crippen molar-refractivity contribution in [1.29, 1.82) is 5.26 Å². The Morgan fingerprint density at radius 1 is 1.11 bits per heavy atom. The first-order valence-corrected chi connectivity index (χ1v) is 9.85. The molecule has 0 aliphatic heterocycles. The van der Waals surface area contributed by atoms with E-state index >= 15 is 0 Å². The molecule has 2 heterocycles. The summed E-state index contributed by atoms with van der Waals surface area (Å²) in [5, 5.41) is 9.99. The predicted octanol–water partition coefficient (Wildman–Crippen LogP) is 4.97. The standard InChI is InChI=1S/C23H19N3OS/c1-14-8-9-17(10-15(14)2)20-16(3)28-22-21(20)23(27)26(13-25-22)12-19-7-5-4-6-18(19)11-24/h4-10,13H,12H2,1-3H3. The highest BCUT2D eigenvalue weighted by atomic mass is 32.1. The number of nitriles is 1. The third-order valence-electron chi connectivity index (χ3n) is 5.13. The zero-order valence-electron chi connectivity index (χ0n) is 16.0. The van der Waals surface area contributed by atoms with Gasteiger partial charge in [0.15, 0.2) is 0 Å². The van der Waals surface area contributed by atoms with E-state index in [-0.39, 0.29) is 5.56 Å². The molecule has 0 atom stereocenters. The van der Waals surface area contributed by atoms with Crippen LogP contribution in [-0.4, -0.2) is 9.55 Å². The maximum atomic E-state index is 13.3. The first kappa shape index (κ1) is 18.1. The van der Waals surface area contributed by atoms with Crippen LogP contribution in [0.1, 0.15) is 27.1 Å². The molecule has 0 amide bonds. The molecule has 2 aromatic heterocycles. The summed E-state index contributed by atoms with van der Waals surface area (Å²) in [6.45, 7) is 6.52. The molecule has 0 N–H and O–H groups in total. The number of hydrogen-bond acceptors (Lipinski definition) is 4. The van der Waals surface area contributed by atoms with E-state index in [0.29, 0.717) is 17.5 Å². The van der Waals surface area contributed by atoms with Crippen molar-refractivity contribution in [3.63, 3.8) is 0 Å². The lowest BCUT2D eigenvalue weighted by atomic mass is 9.99. The van der Waals surface area contributed by atoms with Crippen LogP contribution in [0.5, 0.6) is 0 Å². The molecule has 0 bridgehead atoms. The molecule has 0 aliphatic carbocycles. The minimum Gasteiger partial charge on any atom is -0.294 e. The van der Waals surface area contributed by atoms with Crippen LogP contribution in [0.4, 0.5) is 0 Å². The highest BCUT2D eigenvalue weighted by Crippen LogP contribution is 2.36. The number of thiophene rings is 1. The Labute approximate surface area is 167 Å². The fourth-order valence-corrected chi connectivity index (χ4v) is 4.45. The number of benzene rings is 2. The van der Waals surface area contributed by atoms with E-state index in [1.807, 2.05) is 25.1 Å². The molecule has 2 aromatic carbocycles. The van der Waals surface area contributed by atoms with Gasteiger partial charge in [0.2, 0.25) is 0 Å². The van der Waals surface area contributed by atoms with Crippen molar-refractivity contribution in [3.8, 4) is 17.2 Å². The van der Waals surface area contributed by atoms with Crippen molar-refractivity contribution >= 4 is 21.6 Å². The molecule has 5 heteroatoms. The van der Waals surface area contributed by atoms with Crippen molar-refractivity contribution in [2.24, 2.45) is 0 Å². The second-order valence-corrected chi connectivity index (χ2v) is 8.16. The Morgan fingerprint density at radius 2 is 1.89 bits per heavy atom. The minimum atomic E-state index is -0.0738. The summed E-state index contributed by atoms with van der Waals surface area (Å²) < 4.78 is 1.59. The van der Waals surface area contributed by atoms with Gasteiger partial charge in [-0.1, -0.05) is 36.4 Å². The van der Waals surface area contributed by atoms with Gasteiger partial charge in [-0.05, 0) is 49.1 Å². The highest BCUT2D eigenvalue weighted by Gasteiger charge is 2.17. The lowest BCUT2D eigenvalue weighted by Gasteiger charge is -2.09. The van der Waals surface area contributed by atoms with Crippen molar-refractivity contribution in [3.05, 3.63) is 86.3 Å². The van der Waals surface area contributed by atoms with Gasteiger partial charge in [-0.25, -0.2) is 4.98 Å². The van der Waals surface area contributed by atoms with Crippen molar-refractivity contribution in [2.45, 2.75) is 27.3 Å². The minimum absolute atomic E-state index is 0.0738. The molecule has 0 spiro atoms. The lowest BCUT2D eigenvalue weighted by Crippen LogP contribution is -2.21. The molecule has 4 nitrogen and oxygen atoms in total. The number of rotatable bonds is 3. The van der Waals surface area contributed by atoms with Gasteiger partial charge >= 0.3 is 0 Å². The van der Waals surface area contributed by atoms with Crippen LogP contribution < -0.4 is 5.56 Å². The van der Waals surface area contributed by atoms with Crippen LogP contribution in [0, 0.1) is 32.1 Å². The predicted molar refractivity (Wildman–Crippen MR) is 114 cm³/mol. The quantitative estimate of drug-likeness (QED) is 0.500. The first-order valence-electron chi connectivity index (χ1n) is 9.03. The van der Waals surface area contributed by atoms with E-state index in [9.17, 15) is 10.1 Å². The molecular formula is C23H19N3OS. The Balaban J connectivity index is 1.91. The van der Waals surface area contributed by atoms with Crippen molar-refractivity contribution in [1.82, 2.24) is 9.55 Å². The molecule has 28 heavy (non-hydrogen) atoms. The van der Waals surface area contributed by atoms with Crippen LogP contribution in [0.3, 0.4) is 0 Å². The SMILES string of the molecule is Cc1ccc(-c2c(C)sc3ncn(Cc4ccccc4C#N)c(=O)c23)cc1C. The van der Waals surface area contributed by atoms with Crippen LogP contribution in [0.2, 0.25) is 0 Å². The van der Waals surface area contributed by atoms with Crippen LogP contribution in [0.15, 0.2) is 53.6 Å². The van der Waals surface area contributed by atoms with E-state index in [0.717, 1.165) is 26.4 Å². The summed E-state index contributed by atoms with van der Waals surface area (Å²) in [5.41, 5.74) is 5.74. The van der Waals surface area contributed by atoms with E-state index < -0.39 is 0 Å². The van der Waals surface area contributed by atoms with E-state index in [2.05, 4.69) is 43.1 Å². The summed E-state index contributed by atoms with van der Waals surface area (Å²) >= 11 is 1.54. The average Bonchev–Trinajstić information content (AvgIpc) is 3.03. The highest BCUT2D eigenvalue weighted by molar-refractivity contribution is 7.19. The molecular weight excluding hydrogens is 366 g/mol. The van der Waals surface area contributed by atoms with Gasteiger partial charge in [0, 0.05) is 10.4 Å². The van der Waals surface area contributed by atoms with Crippen LogP contribution >= 0.6 is 11.3 Å². The number of nitrogens with zero attached hydrogens (tertiary/aromatic N) is 3. The van der Waals surface area contributed by atoms with Gasteiger partial charge in [-0.15, -0.1) is 11.3 Å². The van der Waals surface area contributed by atoms with Crippen LogP contribution in [-0.2, 0) is 6.54 Å². The van der Waals surface area contributed by atoms with Gasteiger partial charge in [0.05, 0.1) is 29.9 Å². The average molecular weight is 385 g/mol. The summed E-state index contributed by atoms with van der Waals surface area (Å²) in [7, 11) is 0. The second-order valence-electron chi connectivity index (χ2n) is 6.96. The van der Waals surface area contributed by atoms with Gasteiger partial charge in [0.1, 0.15) is 4.83 Å². The molecule has 4 rings (SSSR count). The zero-order chi connectivity index (χ0) is 19.8. The van der Waals surface area contributed by atoms with E-state index in [1.54, 1.807) is 28.3 Å². The van der Waals surface area contributed by atoms with Gasteiger partial charge < -0.3 is 0 Å². The van der Waals surface area contributed by atoms with Crippen molar-refractivity contribution in [2.75, 3.05) is 0 Å². The molecule has 4 aromatic rings. The van der Waals surface area contributed by atoms with Gasteiger partial charge in [-0.3, -0.25) is 9.36 Å². The Hall–Kier alpha value is -3.23. The van der Waals surface area contributed by atoms with Gasteiger partial charge in [0.25, 0.3) is 5.56 Å². The fraction of sp³-hybridized carbons (Fsp3) is 0.174. The Morgan fingerprint density at radius 3 is 2.64 bits per heavy atom. The lowest BCUT2D eigenvalue weighted by molar-refractivity contribution is 0.748. The Bertz CT molecular complexity index is 1310. The summed E-state index contributed by atoms with van der Waals surface area (Å²) in [4.78, 5) is 19.7. The molecule has 0 unspecified atom stereocenters. The summed E-state index contributed by atoms with van der Waals surface area (Å²) in [6.07, 6.45) is 1.58. The topological polar surface area (TPSA) is 58.7 Å². The van der Waals surface area contributed by atoms with Gasteiger partial charge in [-0.2, -0.15) is 5.26 Å². The molecule has 0 saturated carbocycles. The second kappa shape index (κ2) is 7.06. The number of hydrogen-bond donors (Lipinski definition) is 0. The maximum Gasteiger partial charge on any atom is 0.263 e. The largest absolute Gasteiger partial charge is 0.294 e. The Kier molecular flexibility index (Phi) is 4.58. The zero-order valence-corrected chi connectivity index (χ0v) is 16.8. The molecule has 0 aliphatic rings. The maximum absolute atomic E-state index is 13.3. The van der Waals surface area contributed by atoms with E-state index in [4.69, 9.17) is 0 Å². The van der Waals surface area contributed by atoms with Crippen molar-refractivity contribution < 1.29 is 0 Å². The number of fused-ring (bicyclic) bond motifs is 1. The summed E-state index contributed by atoms with van der Waals surface area (Å²) in [6, 6.07) is 15.8. The number of aryl methyl sites for hydroxylation is 3. The molecule has 138 valence electrons. The smallest absolute Gasteiger partial charge is 0.263 e. The monoisotopic (exact) mass is 385 g/mol. The molecule has 0 radical (unpaired) electrons.